The summed E-state index contributed by atoms with van der Waals surface area (Å²) < 4.78 is 11.8. The smallest absolute Gasteiger partial charge is 0.0834 e. The molecular weight excluding hydrogens is 380 g/mol. The molecule has 0 amide bonds. The highest BCUT2D eigenvalue weighted by Crippen LogP contribution is 2.34. The van der Waals surface area contributed by atoms with E-state index in [1.807, 2.05) is 27.7 Å². The molecule has 0 aromatic heterocycles. The third-order valence-corrected chi connectivity index (χ3v) is 5.27. The molecule has 0 radical (unpaired) electrons. The Morgan fingerprint density at radius 3 is 1.52 bits per heavy atom. The predicted octanol–water partition coefficient (Wildman–Crippen LogP) is 8.64. The molecule has 2 aliphatic carbocycles. The van der Waals surface area contributed by atoms with Gasteiger partial charge in [0.05, 0.1) is 24.4 Å². The summed E-state index contributed by atoms with van der Waals surface area (Å²) in [6, 6.07) is 17.3. The first-order valence-corrected chi connectivity index (χ1v) is 12.5. The van der Waals surface area contributed by atoms with E-state index in [2.05, 4.69) is 76.2 Å². The van der Waals surface area contributed by atoms with Gasteiger partial charge in [-0.1, -0.05) is 76.2 Å². The molecule has 0 fully saturated rings. The Balaban J connectivity index is 0.000000268. The van der Waals surface area contributed by atoms with Crippen LogP contribution < -0.4 is 0 Å². The summed E-state index contributed by atoms with van der Waals surface area (Å²) in [5.74, 6) is 0. The molecule has 2 aromatic rings. The fourth-order valence-corrected chi connectivity index (χ4v) is 4.17. The van der Waals surface area contributed by atoms with Gasteiger partial charge in [-0.05, 0) is 82.1 Å². The van der Waals surface area contributed by atoms with Gasteiger partial charge in [0.2, 0.25) is 0 Å². The second-order valence-electron chi connectivity index (χ2n) is 8.18. The summed E-state index contributed by atoms with van der Waals surface area (Å²) in [7, 11) is 0. The third kappa shape index (κ3) is 8.79. The van der Waals surface area contributed by atoms with Crippen LogP contribution in [0.5, 0.6) is 0 Å². The molecule has 2 unspecified atom stereocenters. The highest BCUT2D eigenvalue weighted by molar-refractivity contribution is 5.33. The van der Waals surface area contributed by atoms with Crippen molar-refractivity contribution in [1.29, 1.82) is 0 Å². The highest BCUT2D eigenvalue weighted by atomic mass is 16.5. The van der Waals surface area contributed by atoms with Crippen molar-refractivity contribution in [2.75, 3.05) is 0 Å². The first-order valence-electron chi connectivity index (χ1n) is 12.5. The van der Waals surface area contributed by atoms with E-state index in [4.69, 9.17) is 9.47 Å². The van der Waals surface area contributed by atoms with E-state index in [1.54, 1.807) is 0 Å². The van der Waals surface area contributed by atoms with Crippen molar-refractivity contribution in [3.8, 4) is 0 Å². The maximum atomic E-state index is 5.92. The minimum atomic E-state index is 0.325. The Morgan fingerprint density at radius 1 is 0.613 bits per heavy atom. The first kappa shape index (κ1) is 27.4. The lowest BCUT2D eigenvalue weighted by molar-refractivity contribution is -0.00295. The first-order chi connectivity index (χ1) is 15.0. The van der Waals surface area contributed by atoms with E-state index in [0.717, 1.165) is 6.42 Å². The molecule has 174 valence electrons. The zero-order chi connectivity index (χ0) is 23.2. The van der Waals surface area contributed by atoms with Gasteiger partial charge in [-0.25, -0.2) is 0 Å². The molecule has 2 aliphatic rings. The molecule has 0 saturated heterocycles. The van der Waals surface area contributed by atoms with Crippen LogP contribution >= 0.6 is 0 Å². The van der Waals surface area contributed by atoms with Crippen molar-refractivity contribution < 1.29 is 9.47 Å². The fourth-order valence-electron chi connectivity index (χ4n) is 4.17. The van der Waals surface area contributed by atoms with Crippen LogP contribution in [0.25, 0.3) is 0 Å². The van der Waals surface area contributed by atoms with Crippen molar-refractivity contribution in [3.63, 3.8) is 0 Å². The molecule has 2 heteroatoms. The molecule has 31 heavy (non-hydrogen) atoms. The van der Waals surface area contributed by atoms with Gasteiger partial charge < -0.3 is 9.47 Å². The van der Waals surface area contributed by atoms with E-state index in [9.17, 15) is 0 Å². The maximum absolute atomic E-state index is 5.92. The van der Waals surface area contributed by atoms with Gasteiger partial charge in [0.1, 0.15) is 0 Å². The number of aryl methyl sites for hydroxylation is 2. The minimum Gasteiger partial charge on any atom is -0.371 e. The number of fused-ring (bicyclic) bond motifs is 2. The van der Waals surface area contributed by atoms with Crippen LogP contribution in [-0.4, -0.2) is 12.2 Å². The molecule has 2 nitrogen and oxygen atoms in total. The largest absolute Gasteiger partial charge is 0.371 e. The van der Waals surface area contributed by atoms with Gasteiger partial charge >= 0.3 is 0 Å². The molecule has 0 N–H and O–H groups in total. The summed E-state index contributed by atoms with van der Waals surface area (Å²) in [6.07, 6.45) is 7.31. The highest BCUT2D eigenvalue weighted by Gasteiger charge is 2.23. The van der Waals surface area contributed by atoms with Crippen LogP contribution in [0.1, 0.15) is 109 Å². The van der Waals surface area contributed by atoms with Crippen LogP contribution in [0.4, 0.5) is 0 Å². The van der Waals surface area contributed by atoms with Gasteiger partial charge in [-0.3, -0.25) is 0 Å². The van der Waals surface area contributed by atoms with Crippen molar-refractivity contribution in [2.24, 2.45) is 0 Å². The van der Waals surface area contributed by atoms with Crippen LogP contribution in [-0.2, 0) is 22.3 Å². The second kappa shape index (κ2) is 15.2. The van der Waals surface area contributed by atoms with E-state index in [0.29, 0.717) is 24.4 Å². The molecule has 0 spiro atoms. The van der Waals surface area contributed by atoms with Crippen LogP contribution in [0, 0.1) is 0 Å². The molecule has 0 bridgehead atoms. The van der Waals surface area contributed by atoms with Crippen molar-refractivity contribution in [1.82, 2.24) is 0 Å². The second-order valence-corrected chi connectivity index (χ2v) is 8.18. The van der Waals surface area contributed by atoms with Crippen molar-refractivity contribution >= 4 is 0 Å². The number of ether oxygens (including phenoxy) is 2. The molecule has 0 aliphatic heterocycles. The van der Waals surface area contributed by atoms with E-state index in [-0.39, 0.29) is 0 Å². The van der Waals surface area contributed by atoms with Gasteiger partial charge in [0.15, 0.2) is 0 Å². The summed E-state index contributed by atoms with van der Waals surface area (Å²) in [5, 5.41) is 0. The van der Waals surface area contributed by atoms with Crippen LogP contribution in [0.15, 0.2) is 48.5 Å². The molecule has 2 atom stereocenters. The number of hydrogen-bond acceptors (Lipinski definition) is 2. The quantitative estimate of drug-likeness (QED) is 0.487. The summed E-state index contributed by atoms with van der Waals surface area (Å²) >= 11 is 0. The zero-order valence-corrected chi connectivity index (χ0v) is 21.3. The van der Waals surface area contributed by atoms with Crippen LogP contribution in [0.2, 0.25) is 0 Å². The fraction of sp³-hybridized carbons (Fsp3) is 0.586. The summed E-state index contributed by atoms with van der Waals surface area (Å²) in [5.41, 5.74) is 5.75. The number of hydrogen-bond donors (Lipinski definition) is 0. The van der Waals surface area contributed by atoms with E-state index in [1.165, 1.54) is 47.9 Å². The predicted molar refractivity (Wildman–Crippen MR) is 135 cm³/mol. The minimum absolute atomic E-state index is 0.325. The molecule has 0 saturated carbocycles. The molecule has 0 heterocycles. The third-order valence-electron chi connectivity index (χ3n) is 5.27. The van der Waals surface area contributed by atoms with Crippen molar-refractivity contribution in [2.45, 2.75) is 112 Å². The SMILES string of the molecule is CC.CC.CC(C)OC1CCCc2ccccc21.CC(C)OC1CCc2ccccc21. The Morgan fingerprint density at radius 2 is 1.03 bits per heavy atom. The normalized spacial score (nSPS) is 18.5. The standard InChI is InChI=1S/C13H18O.C12H16O.2C2H6/c1-10(2)14-13-9-5-7-11-6-3-4-8-12(11)13;1-9(2)13-12-8-7-10-5-3-4-6-11(10)12;2*1-2/h3-4,6,8,10,13H,5,7,9H2,1-2H3;3-6,9,12H,7-8H2,1-2H3;2*1-2H3. The summed E-state index contributed by atoms with van der Waals surface area (Å²) in [6.45, 7) is 16.4. The molecule has 4 rings (SSSR count). The zero-order valence-electron chi connectivity index (χ0n) is 21.3. The van der Waals surface area contributed by atoms with E-state index < -0.39 is 0 Å². The van der Waals surface area contributed by atoms with Gasteiger partial charge in [-0.15, -0.1) is 0 Å². The average Bonchev–Trinajstić information content (AvgIpc) is 3.19. The number of rotatable bonds is 4. The lowest BCUT2D eigenvalue weighted by atomic mass is 9.89. The maximum Gasteiger partial charge on any atom is 0.0834 e. The monoisotopic (exact) mass is 426 g/mol. The van der Waals surface area contributed by atoms with E-state index >= 15 is 0 Å². The Hall–Kier alpha value is -1.64. The molecular formula is C29H46O2. The molecule has 2 aromatic carbocycles. The van der Waals surface area contributed by atoms with Gasteiger partial charge in [0.25, 0.3) is 0 Å². The Kier molecular flexibility index (Phi) is 13.4. The lowest BCUT2D eigenvalue weighted by Gasteiger charge is -2.27. The van der Waals surface area contributed by atoms with Crippen LogP contribution in [0.3, 0.4) is 0 Å². The summed E-state index contributed by atoms with van der Waals surface area (Å²) in [4.78, 5) is 0. The Bertz CT molecular complexity index is 720. The topological polar surface area (TPSA) is 18.5 Å². The average molecular weight is 427 g/mol. The lowest BCUT2D eigenvalue weighted by Crippen LogP contribution is -2.16. The number of benzene rings is 2. The van der Waals surface area contributed by atoms with Crippen molar-refractivity contribution in [3.05, 3.63) is 70.8 Å². The van der Waals surface area contributed by atoms with Gasteiger partial charge in [-0.2, -0.15) is 0 Å². The van der Waals surface area contributed by atoms with Gasteiger partial charge in [0, 0.05) is 0 Å². The Labute approximate surface area is 192 Å².